The third-order valence-corrected chi connectivity index (χ3v) is 10.5. The molecule has 2 N–H and O–H groups in total. The van der Waals surface area contributed by atoms with Gasteiger partial charge in [-0.3, -0.25) is 14.8 Å². The van der Waals surface area contributed by atoms with Gasteiger partial charge in [0.2, 0.25) is 0 Å². The predicted octanol–water partition coefficient (Wildman–Crippen LogP) is 5.74. The zero-order valence-corrected chi connectivity index (χ0v) is 28.3. The summed E-state index contributed by atoms with van der Waals surface area (Å²) in [4.78, 5) is 50.5. The Labute approximate surface area is 291 Å². The number of carbonyl (C=O) groups is 2. The zero-order chi connectivity index (χ0) is 33.6. The molecule has 2 aromatic carbocycles. The number of benzene rings is 2. The Balaban J connectivity index is 1.03. The molecule has 4 aliphatic rings. The molecular weight excluding hydrogens is 667 g/mol. The number of hydrogen-bond donors (Lipinski definition) is 2. The lowest BCUT2D eigenvalue weighted by molar-refractivity contribution is -0.139. The van der Waals surface area contributed by atoms with Crippen LogP contribution in [0.3, 0.4) is 0 Å². The van der Waals surface area contributed by atoms with Crippen LogP contribution < -0.4 is 10.2 Å². The maximum absolute atomic E-state index is 14.1. The van der Waals surface area contributed by atoms with Crippen LogP contribution in [-0.2, 0) is 9.53 Å². The minimum Gasteiger partial charge on any atom is -0.463 e. The average Bonchev–Trinajstić information content (AvgIpc) is 3.44. The number of anilines is 1. The van der Waals surface area contributed by atoms with Gasteiger partial charge in [0.15, 0.2) is 10.8 Å². The standard InChI is InChI=1S/C35H34ClFN8O3S/c1-2-48-34(46)29-28(41-32(33-38-11-14-49-33)42-30(29)25-10-7-22(37)15-26(25)36)19-43-12-13-44-24(17-43)18-45(35(44)47)23-8-5-21(6-9-23)31-39-16-27(40-31)20-3-4-20/h5-11,14-16,20,24,30H,2-4,12-13,17-19H2,1H3,(H,39,40)(H,41,42)/t24-,30-/m0/s1. The molecule has 0 unspecified atom stereocenters. The van der Waals surface area contributed by atoms with Crippen LogP contribution in [0.1, 0.15) is 48.0 Å². The Kier molecular flexibility index (Phi) is 8.42. The van der Waals surface area contributed by atoms with Crippen molar-refractivity contribution in [1.29, 1.82) is 0 Å². The minimum atomic E-state index is -0.836. The number of carbonyl (C=O) groups excluding carboxylic acids is 2. The molecule has 2 aromatic heterocycles. The van der Waals surface area contributed by atoms with Crippen molar-refractivity contribution in [3.63, 3.8) is 0 Å². The van der Waals surface area contributed by atoms with Crippen LogP contribution in [0.5, 0.6) is 0 Å². The van der Waals surface area contributed by atoms with E-state index in [-0.39, 0.29) is 23.7 Å². The summed E-state index contributed by atoms with van der Waals surface area (Å²) >= 11 is 7.95. The van der Waals surface area contributed by atoms with Crippen LogP contribution in [0.4, 0.5) is 14.9 Å². The molecule has 0 spiro atoms. The van der Waals surface area contributed by atoms with Crippen LogP contribution in [0.15, 0.2) is 76.5 Å². The number of H-pyrrole nitrogens is 1. The van der Waals surface area contributed by atoms with Crippen molar-refractivity contribution < 1.29 is 18.7 Å². The summed E-state index contributed by atoms with van der Waals surface area (Å²) in [5, 5.41) is 6.03. The van der Waals surface area contributed by atoms with Gasteiger partial charge in [-0.05, 0) is 56.2 Å². The molecule has 5 heterocycles. The Morgan fingerprint density at radius 2 is 1.96 bits per heavy atom. The summed E-state index contributed by atoms with van der Waals surface area (Å²) in [6, 6.07) is 11.1. The second-order valence-electron chi connectivity index (χ2n) is 12.6. The summed E-state index contributed by atoms with van der Waals surface area (Å²) < 4.78 is 19.6. The molecule has 1 aliphatic carbocycles. The molecule has 2 amide bonds. The number of urea groups is 1. The summed E-state index contributed by atoms with van der Waals surface area (Å²) in [6.45, 7) is 4.57. The molecule has 252 valence electrons. The van der Waals surface area contributed by atoms with Crippen molar-refractivity contribution in [3.8, 4) is 11.4 Å². The number of piperazine rings is 1. The van der Waals surface area contributed by atoms with E-state index in [0.29, 0.717) is 66.3 Å². The minimum absolute atomic E-state index is 0.0159. The van der Waals surface area contributed by atoms with Crippen molar-refractivity contribution in [1.82, 2.24) is 30.1 Å². The molecule has 11 nitrogen and oxygen atoms in total. The molecule has 0 bridgehead atoms. The molecule has 1 saturated carbocycles. The van der Waals surface area contributed by atoms with Crippen LogP contribution in [-0.4, -0.2) is 88.0 Å². The van der Waals surface area contributed by atoms with E-state index in [1.807, 2.05) is 45.6 Å². The fourth-order valence-corrected chi connectivity index (χ4v) is 7.66. The first kappa shape index (κ1) is 31.7. The van der Waals surface area contributed by atoms with Crippen LogP contribution in [0.2, 0.25) is 5.02 Å². The smallest absolute Gasteiger partial charge is 0.338 e. The number of hydrogen-bond acceptors (Lipinski definition) is 9. The number of esters is 1. The summed E-state index contributed by atoms with van der Waals surface area (Å²) in [7, 11) is 0. The number of rotatable bonds is 9. The van der Waals surface area contributed by atoms with Gasteiger partial charge in [-0.1, -0.05) is 17.7 Å². The number of ether oxygens (including phenoxy) is 1. The van der Waals surface area contributed by atoms with Crippen molar-refractivity contribution in [2.45, 2.75) is 37.8 Å². The lowest BCUT2D eigenvalue weighted by Crippen LogP contribution is -2.53. The number of thiazole rings is 1. The van der Waals surface area contributed by atoms with E-state index in [0.717, 1.165) is 17.1 Å². The monoisotopic (exact) mass is 700 g/mol. The number of nitrogens with one attached hydrogen (secondary N) is 2. The predicted molar refractivity (Wildman–Crippen MR) is 185 cm³/mol. The van der Waals surface area contributed by atoms with Gasteiger partial charge in [0.05, 0.1) is 18.2 Å². The third-order valence-electron chi connectivity index (χ3n) is 9.40. The highest BCUT2D eigenvalue weighted by Gasteiger charge is 2.42. The number of amidine groups is 1. The van der Waals surface area contributed by atoms with E-state index in [1.54, 1.807) is 19.2 Å². The molecule has 8 rings (SSSR count). The van der Waals surface area contributed by atoms with Gasteiger partial charge >= 0.3 is 12.0 Å². The van der Waals surface area contributed by atoms with E-state index in [4.69, 9.17) is 21.3 Å². The van der Waals surface area contributed by atoms with Gasteiger partial charge in [-0.2, -0.15) is 0 Å². The molecule has 4 aromatic rings. The topological polar surface area (TPSA) is 119 Å². The first-order valence-corrected chi connectivity index (χ1v) is 17.7. The first-order chi connectivity index (χ1) is 23.9. The maximum Gasteiger partial charge on any atom is 0.338 e. The Morgan fingerprint density at radius 1 is 1.12 bits per heavy atom. The van der Waals surface area contributed by atoms with Gasteiger partial charge in [-0.15, -0.1) is 11.3 Å². The van der Waals surface area contributed by atoms with Crippen molar-refractivity contribution in [3.05, 3.63) is 98.6 Å². The molecule has 0 radical (unpaired) electrons. The van der Waals surface area contributed by atoms with Gasteiger partial charge in [-0.25, -0.2) is 23.9 Å². The highest BCUT2D eigenvalue weighted by molar-refractivity contribution is 7.11. The largest absolute Gasteiger partial charge is 0.463 e. The van der Waals surface area contributed by atoms with E-state index < -0.39 is 17.8 Å². The second-order valence-corrected chi connectivity index (χ2v) is 13.9. The Morgan fingerprint density at radius 3 is 2.69 bits per heavy atom. The first-order valence-electron chi connectivity index (χ1n) is 16.4. The Bertz CT molecular complexity index is 1960. The molecule has 3 aliphatic heterocycles. The second kappa shape index (κ2) is 13.0. The van der Waals surface area contributed by atoms with Gasteiger partial charge in [0.1, 0.15) is 17.7 Å². The Hall–Kier alpha value is -4.59. The molecule has 49 heavy (non-hydrogen) atoms. The van der Waals surface area contributed by atoms with Crippen molar-refractivity contribution in [2.75, 3.05) is 44.2 Å². The van der Waals surface area contributed by atoms with E-state index >= 15 is 0 Å². The molecular formula is C35H34ClFN8O3S. The quantitative estimate of drug-likeness (QED) is 0.214. The van der Waals surface area contributed by atoms with Crippen molar-refractivity contribution in [2.24, 2.45) is 4.99 Å². The number of imidazole rings is 1. The highest BCUT2D eigenvalue weighted by atomic mass is 35.5. The number of halogens is 2. The summed E-state index contributed by atoms with van der Waals surface area (Å²) in [6.07, 6.45) is 6.03. The lowest BCUT2D eigenvalue weighted by Gasteiger charge is -2.38. The lowest BCUT2D eigenvalue weighted by atomic mass is 9.95. The number of amides is 2. The van der Waals surface area contributed by atoms with Crippen LogP contribution in [0.25, 0.3) is 11.4 Å². The SMILES string of the molecule is CCOC(=O)C1=C(CN2CCN3C(=O)N(c4ccc(-c5ncc(C6CC6)[nH]5)cc4)C[C@@H]3C2)NC(c2nccs2)=N[C@H]1c1ccc(F)cc1Cl. The number of fused-ring (bicyclic) bond motifs is 1. The third kappa shape index (κ3) is 6.22. The number of aromatic amines is 1. The van der Waals surface area contributed by atoms with E-state index in [1.165, 1.54) is 42.0 Å². The normalized spacial score (nSPS) is 21.1. The highest BCUT2D eigenvalue weighted by Crippen LogP contribution is 2.40. The van der Waals surface area contributed by atoms with E-state index in [2.05, 4.69) is 25.2 Å². The number of aliphatic imine (C=N–C) groups is 1. The molecule has 14 heteroatoms. The fraction of sp³-hybridized carbons (Fsp3) is 0.343. The fourth-order valence-electron chi connectivity index (χ4n) is 6.80. The summed E-state index contributed by atoms with van der Waals surface area (Å²) in [5.41, 5.74) is 4.42. The van der Waals surface area contributed by atoms with Gasteiger partial charge < -0.3 is 19.9 Å². The average molecular weight is 701 g/mol. The molecule has 3 fully saturated rings. The maximum atomic E-state index is 14.1. The molecule has 2 saturated heterocycles. The van der Waals surface area contributed by atoms with Crippen molar-refractivity contribution >= 4 is 46.5 Å². The van der Waals surface area contributed by atoms with Gasteiger partial charge in [0.25, 0.3) is 0 Å². The molecule has 2 atom stereocenters. The van der Waals surface area contributed by atoms with Gasteiger partial charge in [0, 0.05) is 89.6 Å². The number of nitrogens with zero attached hydrogens (tertiary/aromatic N) is 6. The van der Waals surface area contributed by atoms with Crippen LogP contribution >= 0.6 is 22.9 Å². The number of aromatic nitrogens is 3. The summed E-state index contributed by atoms with van der Waals surface area (Å²) in [5.74, 6) is 0.923. The van der Waals surface area contributed by atoms with Crippen LogP contribution in [0, 0.1) is 5.82 Å². The zero-order valence-electron chi connectivity index (χ0n) is 26.7. The van der Waals surface area contributed by atoms with E-state index in [9.17, 15) is 14.0 Å².